The van der Waals surface area contributed by atoms with E-state index in [9.17, 15) is 0 Å². The maximum Gasteiger partial charge on any atom is 0.164 e. The summed E-state index contributed by atoms with van der Waals surface area (Å²) in [5.41, 5.74) is 9.73. The van der Waals surface area contributed by atoms with E-state index in [1.54, 1.807) is 11.3 Å². The Kier molecular flexibility index (Phi) is 12.3. The van der Waals surface area contributed by atoms with Crippen molar-refractivity contribution in [3.63, 3.8) is 0 Å². The number of benzene rings is 9. The highest BCUT2D eigenvalue weighted by molar-refractivity contribution is 7.25. The van der Waals surface area contributed by atoms with Gasteiger partial charge in [-0.3, -0.25) is 0 Å². The number of fused-ring (bicyclic) bond motifs is 6. The highest BCUT2D eigenvalue weighted by Gasteiger charge is 2.19. The molecular weight excluding hydrogens is 877 g/mol. The van der Waals surface area contributed by atoms with Gasteiger partial charge < -0.3 is 4.42 Å². The Hall–Kier alpha value is -8.98. The first kappa shape index (κ1) is 43.6. The van der Waals surface area contributed by atoms with Crippen LogP contribution in [0.15, 0.2) is 235 Å². The molecule has 0 bridgehead atoms. The summed E-state index contributed by atoms with van der Waals surface area (Å²) in [6.07, 6.45) is 0. The normalized spacial score (nSPS) is 11.0. The SMILES string of the molecule is CC.c1ccc(-c2ccc3oc4cccc(-c5nc(-c6ccccc6)nc(-c6ccccc6)n5)c4c3c2)cc1.c1ccc(-c2nc(-c3ccccc3)nc(-c3cccc4sc5ccccc5c34)n2)cc1. The molecule has 0 radical (unpaired) electrons. The van der Waals surface area contributed by atoms with Crippen molar-refractivity contribution >= 4 is 53.4 Å². The number of nitrogens with zero attached hydrogens (tertiary/aromatic N) is 6. The molecule has 13 rings (SSSR count). The summed E-state index contributed by atoms with van der Waals surface area (Å²) in [6.45, 7) is 4.00. The lowest BCUT2D eigenvalue weighted by Gasteiger charge is -2.09. The Balaban J connectivity index is 0.000000149. The van der Waals surface area contributed by atoms with Gasteiger partial charge in [-0.1, -0.05) is 214 Å². The second-order valence-corrected chi connectivity index (χ2v) is 17.3. The Morgan fingerprint density at radius 2 is 0.686 bits per heavy atom. The summed E-state index contributed by atoms with van der Waals surface area (Å²) >= 11 is 1.80. The zero-order valence-corrected chi connectivity index (χ0v) is 39.3. The zero-order chi connectivity index (χ0) is 47.2. The molecule has 0 aliphatic rings. The third-order valence-electron chi connectivity index (χ3n) is 11.9. The van der Waals surface area contributed by atoms with Gasteiger partial charge in [0.1, 0.15) is 11.2 Å². The van der Waals surface area contributed by atoms with Gasteiger partial charge in [0.2, 0.25) is 0 Å². The van der Waals surface area contributed by atoms with E-state index in [4.69, 9.17) is 34.3 Å². The van der Waals surface area contributed by atoms with Crippen LogP contribution in [0.2, 0.25) is 0 Å². The average molecular weight is 921 g/mol. The average Bonchev–Trinajstić information content (AvgIpc) is 4.03. The van der Waals surface area contributed by atoms with Crippen LogP contribution in [0.4, 0.5) is 0 Å². The third-order valence-corrected chi connectivity index (χ3v) is 13.0. The summed E-state index contributed by atoms with van der Waals surface area (Å²) < 4.78 is 8.77. The maximum absolute atomic E-state index is 6.26. The van der Waals surface area contributed by atoms with Gasteiger partial charge in [0.05, 0.1) is 0 Å². The Labute approximate surface area is 409 Å². The molecule has 0 unspecified atom stereocenters. The first-order chi connectivity index (χ1) is 34.7. The van der Waals surface area contributed by atoms with E-state index in [1.807, 2.05) is 159 Å². The van der Waals surface area contributed by atoms with Crippen molar-refractivity contribution in [1.29, 1.82) is 0 Å². The number of hydrogen-bond acceptors (Lipinski definition) is 8. The molecule has 13 aromatic rings. The van der Waals surface area contributed by atoms with Crippen molar-refractivity contribution in [2.45, 2.75) is 13.8 Å². The molecule has 0 aliphatic heterocycles. The highest BCUT2D eigenvalue weighted by atomic mass is 32.1. The van der Waals surface area contributed by atoms with Crippen LogP contribution >= 0.6 is 11.3 Å². The minimum atomic E-state index is 0.617. The fraction of sp³-hybridized carbons (Fsp3) is 0.0323. The minimum absolute atomic E-state index is 0.617. The van der Waals surface area contributed by atoms with E-state index in [0.717, 1.165) is 66.4 Å². The van der Waals surface area contributed by atoms with Crippen LogP contribution in [-0.4, -0.2) is 29.9 Å². The standard InChI is InChI=1S/C33H21N3O.C27H17N3S.C2H6/c1-4-11-22(12-5-1)25-19-20-28-27(21-25)30-26(17-10-18-29(30)37-28)33-35-31(23-13-6-2-7-14-23)34-32(36-33)24-15-8-3-9-16-24;1-3-10-18(11-4-1)25-28-26(19-12-5-2-6-13-19)30-27(29-25)21-15-9-17-23-24(21)20-14-7-8-16-22(20)31-23;1-2/h1-21H;1-17H;1-2H3. The van der Waals surface area contributed by atoms with Crippen molar-refractivity contribution in [3.05, 3.63) is 231 Å². The van der Waals surface area contributed by atoms with Crippen LogP contribution < -0.4 is 0 Å². The van der Waals surface area contributed by atoms with Gasteiger partial charge in [-0.2, -0.15) is 0 Å². The summed E-state index contributed by atoms with van der Waals surface area (Å²) in [7, 11) is 0. The minimum Gasteiger partial charge on any atom is -0.456 e. The van der Waals surface area contributed by atoms with Gasteiger partial charge in [-0.05, 0) is 41.5 Å². The quantitative estimate of drug-likeness (QED) is 0.157. The first-order valence-electron chi connectivity index (χ1n) is 23.4. The molecule has 7 nitrogen and oxygen atoms in total. The molecule has 0 N–H and O–H groups in total. The molecule has 334 valence electrons. The zero-order valence-electron chi connectivity index (χ0n) is 38.4. The molecule has 0 saturated carbocycles. The molecule has 70 heavy (non-hydrogen) atoms. The van der Waals surface area contributed by atoms with Crippen LogP contribution in [-0.2, 0) is 0 Å². The third kappa shape index (κ3) is 8.71. The Morgan fingerprint density at radius 1 is 0.286 bits per heavy atom. The lowest BCUT2D eigenvalue weighted by Crippen LogP contribution is -2.00. The molecule has 0 atom stereocenters. The monoisotopic (exact) mass is 920 g/mol. The summed E-state index contributed by atoms with van der Waals surface area (Å²) in [5, 5.41) is 4.47. The lowest BCUT2D eigenvalue weighted by atomic mass is 10.0. The molecule has 0 aliphatic carbocycles. The first-order valence-corrected chi connectivity index (χ1v) is 24.2. The number of hydrogen-bond donors (Lipinski definition) is 0. The lowest BCUT2D eigenvalue weighted by molar-refractivity contribution is 0.669. The van der Waals surface area contributed by atoms with E-state index in [0.29, 0.717) is 34.9 Å². The Bertz CT molecular complexity index is 3780. The molecule has 8 heteroatoms. The van der Waals surface area contributed by atoms with Gasteiger partial charge in [-0.15, -0.1) is 11.3 Å². The summed E-state index contributed by atoms with van der Waals surface area (Å²) in [5.74, 6) is 3.95. The molecule has 0 amide bonds. The molecule has 9 aromatic carbocycles. The van der Waals surface area contributed by atoms with E-state index in [1.165, 1.54) is 20.2 Å². The molecular formula is C62H44N6OS. The van der Waals surface area contributed by atoms with E-state index < -0.39 is 0 Å². The van der Waals surface area contributed by atoms with Crippen molar-refractivity contribution in [3.8, 4) is 79.5 Å². The van der Waals surface area contributed by atoms with E-state index in [-0.39, 0.29) is 0 Å². The molecule has 0 fully saturated rings. The van der Waals surface area contributed by atoms with Crippen LogP contribution in [0.1, 0.15) is 13.8 Å². The van der Waals surface area contributed by atoms with E-state index in [2.05, 4.69) is 84.9 Å². The predicted octanol–water partition coefficient (Wildman–Crippen LogP) is 16.7. The largest absolute Gasteiger partial charge is 0.456 e. The number of rotatable bonds is 7. The van der Waals surface area contributed by atoms with Gasteiger partial charge >= 0.3 is 0 Å². The van der Waals surface area contributed by atoms with Crippen molar-refractivity contribution < 1.29 is 4.42 Å². The van der Waals surface area contributed by atoms with Crippen molar-refractivity contribution in [2.75, 3.05) is 0 Å². The topological polar surface area (TPSA) is 90.5 Å². The highest BCUT2D eigenvalue weighted by Crippen LogP contribution is 2.41. The van der Waals surface area contributed by atoms with Crippen LogP contribution in [0.25, 0.3) is 122 Å². The second kappa shape index (κ2) is 19.7. The molecule has 0 saturated heterocycles. The fourth-order valence-electron chi connectivity index (χ4n) is 8.64. The van der Waals surface area contributed by atoms with Crippen molar-refractivity contribution in [2.24, 2.45) is 0 Å². The summed E-state index contributed by atoms with van der Waals surface area (Å²) in [4.78, 5) is 29.4. The van der Waals surface area contributed by atoms with Gasteiger partial charge in [0.25, 0.3) is 0 Å². The van der Waals surface area contributed by atoms with Crippen LogP contribution in [0.3, 0.4) is 0 Å². The Morgan fingerprint density at radius 3 is 1.19 bits per heavy atom. The molecule has 4 aromatic heterocycles. The van der Waals surface area contributed by atoms with Crippen molar-refractivity contribution in [1.82, 2.24) is 29.9 Å². The molecule has 0 spiro atoms. The second-order valence-electron chi connectivity index (χ2n) is 16.2. The van der Waals surface area contributed by atoms with Crippen LogP contribution in [0, 0.1) is 0 Å². The maximum atomic E-state index is 6.26. The number of furan rings is 1. The number of aromatic nitrogens is 6. The molecule has 4 heterocycles. The number of thiophene rings is 1. The van der Waals surface area contributed by atoms with E-state index >= 15 is 0 Å². The van der Waals surface area contributed by atoms with Crippen LogP contribution in [0.5, 0.6) is 0 Å². The van der Waals surface area contributed by atoms with Gasteiger partial charge in [0, 0.05) is 64.3 Å². The summed E-state index contributed by atoms with van der Waals surface area (Å²) in [6, 6.07) is 77.9. The predicted molar refractivity (Wildman–Crippen MR) is 289 cm³/mol. The van der Waals surface area contributed by atoms with Gasteiger partial charge in [-0.25, -0.2) is 29.9 Å². The fourth-order valence-corrected chi connectivity index (χ4v) is 9.77. The van der Waals surface area contributed by atoms with Gasteiger partial charge in [0.15, 0.2) is 34.9 Å². The smallest absolute Gasteiger partial charge is 0.164 e.